The lowest BCUT2D eigenvalue weighted by atomic mass is 10.2. The average molecular weight is 218 g/mol. The molecule has 1 heterocycles. The Hall–Kier alpha value is -1.16. The minimum atomic E-state index is 0.968. The van der Waals surface area contributed by atoms with E-state index in [0.29, 0.717) is 0 Å². The van der Waals surface area contributed by atoms with Crippen LogP contribution in [-0.2, 0) is 6.42 Å². The lowest BCUT2D eigenvalue weighted by Gasteiger charge is -1.91. The van der Waals surface area contributed by atoms with Gasteiger partial charge in [0.15, 0.2) is 0 Å². The molecule has 1 rings (SSSR count). The molecule has 0 N–H and O–H groups in total. The second kappa shape index (κ2) is 7.17. The predicted octanol–water partition coefficient (Wildman–Crippen LogP) is 4.47. The molecule has 16 heavy (non-hydrogen) atoms. The molecular formula is C15H22O. The van der Waals surface area contributed by atoms with Gasteiger partial charge in [-0.2, -0.15) is 0 Å². The van der Waals surface area contributed by atoms with E-state index in [1.54, 1.807) is 0 Å². The van der Waals surface area contributed by atoms with Gasteiger partial charge < -0.3 is 4.42 Å². The van der Waals surface area contributed by atoms with Crippen molar-refractivity contribution in [2.45, 2.75) is 59.3 Å². The highest BCUT2D eigenvalue weighted by Crippen LogP contribution is 2.15. The lowest BCUT2D eigenvalue weighted by molar-refractivity contribution is 0.475. The Morgan fingerprint density at radius 3 is 2.62 bits per heavy atom. The van der Waals surface area contributed by atoms with E-state index in [0.717, 1.165) is 29.9 Å². The second-order valence-electron chi connectivity index (χ2n) is 4.19. The van der Waals surface area contributed by atoms with Crippen molar-refractivity contribution < 1.29 is 4.42 Å². The van der Waals surface area contributed by atoms with E-state index in [2.05, 4.69) is 31.8 Å². The molecular weight excluding hydrogens is 196 g/mol. The van der Waals surface area contributed by atoms with Gasteiger partial charge in [-0.1, -0.05) is 38.5 Å². The van der Waals surface area contributed by atoms with Gasteiger partial charge in [0.2, 0.25) is 0 Å². The molecule has 88 valence electrons. The van der Waals surface area contributed by atoms with E-state index in [1.807, 2.05) is 6.92 Å². The van der Waals surface area contributed by atoms with Crippen LogP contribution in [0.2, 0.25) is 0 Å². The molecule has 0 radical (unpaired) electrons. The highest BCUT2D eigenvalue weighted by Gasteiger charge is 2.04. The first-order valence-electron chi connectivity index (χ1n) is 6.36. The number of unbranched alkanes of at least 4 members (excludes halogenated alkanes) is 3. The van der Waals surface area contributed by atoms with Crippen LogP contribution in [0, 0.1) is 18.8 Å². The maximum Gasteiger partial charge on any atom is 0.116 e. The summed E-state index contributed by atoms with van der Waals surface area (Å²) in [6, 6.07) is 2.10. The molecule has 0 saturated carbocycles. The van der Waals surface area contributed by atoms with Crippen LogP contribution in [0.4, 0.5) is 0 Å². The van der Waals surface area contributed by atoms with Gasteiger partial charge in [0.25, 0.3) is 0 Å². The number of hydrogen-bond acceptors (Lipinski definition) is 1. The molecule has 0 saturated heterocycles. The van der Waals surface area contributed by atoms with Crippen molar-refractivity contribution in [1.82, 2.24) is 0 Å². The fraction of sp³-hybridized carbons (Fsp3) is 0.600. The molecule has 0 amide bonds. The Morgan fingerprint density at radius 2 is 1.94 bits per heavy atom. The fourth-order valence-corrected chi connectivity index (χ4v) is 1.56. The molecule has 1 aromatic rings. The van der Waals surface area contributed by atoms with Crippen LogP contribution in [0.5, 0.6) is 0 Å². The Balaban J connectivity index is 2.57. The quantitative estimate of drug-likeness (QED) is 0.525. The molecule has 0 bridgehead atoms. The summed E-state index contributed by atoms with van der Waals surface area (Å²) in [6.45, 7) is 6.38. The molecule has 0 aliphatic rings. The van der Waals surface area contributed by atoms with Crippen LogP contribution < -0.4 is 0 Å². The summed E-state index contributed by atoms with van der Waals surface area (Å²) >= 11 is 0. The highest BCUT2D eigenvalue weighted by atomic mass is 16.3. The molecule has 0 spiro atoms. The van der Waals surface area contributed by atoms with Crippen LogP contribution in [0.1, 0.15) is 63.0 Å². The molecule has 1 heteroatoms. The summed E-state index contributed by atoms with van der Waals surface area (Å²) in [5, 5.41) is 0. The van der Waals surface area contributed by atoms with Crippen LogP contribution in [0.3, 0.4) is 0 Å². The summed E-state index contributed by atoms with van der Waals surface area (Å²) in [4.78, 5) is 0. The van der Waals surface area contributed by atoms with Crippen molar-refractivity contribution in [3.8, 4) is 11.8 Å². The van der Waals surface area contributed by atoms with Crippen molar-refractivity contribution in [1.29, 1.82) is 0 Å². The Bertz CT molecular complexity index is 363. The monoisotopic (exact) mass is 218 g/mol. The maximum absolute atomic E-state index is 5.67. The topological polar surface area (TPSA) is 13.1 Å². The maximum atomic E-state index is 5.67. The Kier molecular flexibility index (Phi) is 5.78. The van der Waals surface area contributed by atoms with E-state index in [-0.39, 0.29) is 0 Å². The second-order valence-corrected chi connectivity index (χ2v) is 4.19. The molecule has 0 aliphatic carbocycles. The summed E-state index contributed by atoms with van der Waals surface area (Å²) in [5.41, 5.74) is 1.07. The average Bonchev–Trinajstić information content (AvgIpc) is 2.63. The van der Waals surface area contributed by atoms with Gasteiger partial charge in [-0.25, -0.2) is 0 Å². The smallest absolute Gasteiger partial charge is 0.116 e. The van der Waals surface area contributed by atoms with Gasteiger partial charge in [0.05, 0.1) is 5.56 Å². The standard InChI is InChI=1S/C15H22O/c1-4-6-8-9-10-14-12-15(11-7-5-2)16-13(14)3/h12H,4-8,11H2,1-3H3. The van der Waals surface area contributed by atoms with Crippen LogP contribution in [0.25, 0.3) is 0 Å². The van der Waals surface area contributed by atoms with Crippen molar-refractivity contribution in [2.75, 3.05) is 0 Å². The van der Waals surface area contributed by atoms with E-state index < -0.39 is 0 Å². The first-order valence-corrected chi connectivity index (χ1v) is 6.36. The Morgan fingerprint density at radius 1 is 1.19 bits per heavy atom. The van der Waals surface area contributed by atoms with Gasteiger partial charge in [0, 0.05) is 12.8 Å². The summed E-state index contributed by atoms with van der Waals surface area (Å²) in [5.74, 6) is 8.45. The van der Waals surface area contributed by atoms with E-state index in [4.69, 9.17) is 4.42 Å². The SMILES string of the molecule is CCCCC#Cc1cc(CCCC)oc1C. The number of furan rings is 1. The zero-order valence-corrected chi connectivity index (χ0v) is 10.7. The summed E-state index contributed by atoms with van der Waals surface area (Å²) in [7, 11) is 0. The Labute approximate surface area is 99.2 Å². The van der Waals surface area contributed by atoms with E-state index >= 15 is 0 Å². The van der Waals surface area contributed by atoms with Gasteiger partial charge in [-0.05, 0) is 25.8 Å². The normalized spacial score (nSPS) is 9.94. The minimum Gasteiger partial charge on any atom is -0.465 e. The third-order valence-electron chi connectivity index (χ3n) is 2.62. The minimum absolute atomic E-state index is 0.968. The molecule has 0 unspecified atom stereocenters. The first-order chi connectivity index (χ1) is 7.77. The van der Waals surface area contributed by atoms with E-state index in [9.17, 15) is 0 Å². The van der Waals surface area contributed by atoms with Crippen molar-refractivity contribution in [3.63, 3.8) is 0 Å². The molecule has 0 fully saturated rings. The van der Waals surface area contributed by atoms with Crippen molar-refractivity contribution in [2.24, 2.45) is 0 Å². The van der Waals surface area contributed by atoms with Crippen molar-refractivity contribution >= 4 is 0 Å². The molecule has 0 aliphatic heterocycles. The van der Waals surface area contributed by atoms with Crippen LogP contribution in [-0.4, -0.2) is 0 Å². The molecule has 1 nitrogen and oxygen atoms in total. The van der Waals surface area contributed by atoms with Crippen LogP contribution in [0.15, 0.2) is 10.5 Å². The molecule has 0 aromatic carbocycles. The van der Waals surface area contributed by atoms with Crippen LogP contribution >= 0.6 is 0 Å². The largest absolute Gasteiger partial charge is 0.465 e. The highest BCUT2D eigenvalue weighted by molar-refractivity contribution is 5.37. The predicted molar refractivity (Wildman–Crippen MR) is 68.5 cm³/mol. The lowest BCUT2D eigenvalue weighted by Crippen LogP contribution is -1.78. The zero-order chi connectivity index (χ0) is 11.8. The van der Waals surface area contributed by atoms with Crippen molar-refractivity contribution in [3.05, 3.63) is 23.2 Å². The summed E-state index contributed by atoms with van der Waals surface area (Å²) < 4.78 is 5.67. The van der Waals surface area contributed by atoms with Gasteiger partial charge in [0.1, 0.15) is 11.5 Å². The van der Waals surface area contributed by atoms with Gasteiger partial charge >= 0.3 is 0 Å². The number of aryl methyl sites for hydroxylation is 2. The fourth-order valence-electron chi connectivity index (χ4n) is 1.56. The third kappa shape index (κ3) is 4.14. The number of rotatable bonds is 5. The number of hydrogen-bond donors (Lipinski definition) is 0. The first kappa shape index (κ1) is 12.9. The third-order valence-corrected chi connectivity index (χ3v) is 2.62. The van der Waals surface area contributed by atoms with Gasteiger partial charge in [-0.15, -0.1) is 0 Å². The molecule has 1 aromatic heterocycles. The molecule has 0 atom stereocenters. The summed E-state index contributed by atoms with van der Waals surface area (Å²) in [6.07, 6.45) is 6.82. The zero-order valence-electron chi connectivity index (χ0n) is 10.7. The van der Waals surface area contributed by atoms with E-state index in [1.165, 1.54) is 25.7 Å². The van der Waals surface area contributed by atoms with Gasteiger partial charge in [-0.3, -0.25) is 0 Å².